The second-order valence-corrected chi connectivity index (χ2v) is 4.83. The van der Waals surface area contributed by atoms with Crippen LogP contribution in [-0.2, 0) is 10.4 Å². The molecule has 0 aliphatic carbocycles. The van der Waals surface area contributed by atoms with E-state index in [1.165, 1.54) is 36.4 Å². The predicted molar refractivity (Wildman–Crippen MR) is 74.4 cm³/mol. The molecule has 0 amide bonds. The molecule has 2 rings (SSSR count). The first-order chi connectivity index (χ1) is 9.46. The zero-order valence-electron chi connectivity index (χ0n) is 10.4. The maximum absolute atomic E-state index is 11.5. The van der Waals surface area contributed by atoms with E-state index in [0.717, 1.165) is 0 Å². The molecule has 0 bridgehead atoms. The molecule has 5 heteroatoms. The minimum absolute atomic E-state index is 0.106. The molecule has 2 unspecified atom stereocenters. The summed E-state index contributed by atoms with van der Waals surface area (Å²) in [7, 11) is 0. The van der Waals surface area contributed by atoms with Crippen LogP contribution in [0.15, 0.2) is 54.6 Å². The van der Waals surface area contributed by atoms with E-state index in [2.05, 4.69) is 0 Å². The Labute approximate surface area is 120 Å². The highest BCUT2D eigenvalue weighted by atomic mass is 35.5. The minimum Gasteiger partial charge on any atom is -0.479 e. The van der Waals surface area contributed by atoms with E-state index >= 15 is 0 Å². The molecule has 2 aromatic rings. The van der Waals surface area contributed by atoms with Crippen molar-refractivity contribution in [2.45, 2.75) is 11.7 Å². The highest BCUT2D eigenvalue weighted by molar-refractivity contribution is 6.30. The van der Waals surface area contributed by atoms with Crippen LogP contribution in [0.5, 0.6) is 0 Å². The van der Waals surface area contributed by atoms with Crippen molar-refractivity contribution in [2.75, 3.05) is 0 Å². The first-order valence-corrected chi connectivity index (χ1v) is 6.29. The molecular weight excluding hydrogens is 280 g/mol. The number of aliphatic hydroxyl groups excluding tert-OH is 1. The van der Waals surface area contributed by atoms with E-state index in [4.69, 9.17) is 11.6 Å². The van der Waals surface area contributed by atoms with E-state index in [-0.39, 0.29) is 11.1 Å². The fourth-order valence-electron chi connectivity index (χ4n) is 1.98. The topological polar surface area (TPSA) is 77.8 Å². The number of halogens is 1. The van der Waals surface area contributed by atoms with Crippen LogP contribution in [0.4, 0.5) is 0 Å². The fourth-order valence-corrected chi connectivity index (χ4v) is 2.10. The van der Waals surface area contributed by atoms with Crippen molar-refractivity contribution in [1.29, 1.82) is 0 Å². The molecule has 0 saturated carbocycles. The Bertz CT molecular complexity index is 597. The van der Waals surface area contributed by atoms with E-state index in [9.17, 15) is 20.1 Å². The SMILES string of the molecule is O=C(O)C(O)(c1ccccc1)C(O)c1ccc(Cl)cc1. The Balaban J connectivity index is 2.48. The van der Waals surface area contributed by atoms with Crippen LogP contribution < -0.4 is 0 Å². The Morgan fingerprint density at radius 3 is 2.10 bits per heavy atom. The quantitative estimate of drug-likeness (QED) is 0.808. The van der Waals surface area contributed by atoms with Gasteiger partial charge in [-0.05, 0) is 23.3 Å². The molecule has 0 heterocycles. The molecule has 0 spiro atoms. The van der Waals surface area contributed by atoms with Gasteiger partial charge in [-0.25, -0.2) is 4.79 Å². The van der Waals surface area contributed by atoms with Crippen molar-refractivity contribution in [3.63, 3.8) is 0 Å². The molecular formula is C15H13ClO4. The number of aliphatic hydroxyl groups is 2. The number of rotatable bonds is 4. The van der Waals surface area contributed by atoms with Crippen LogP contribution in [0, 0.1) is 0 Å². The average molecular weight is 293 g/mol. The zero-order chi connectivity index (χ0) is 14.8. The van der Waals surface area contributed by atoms with Gasteiger partial charge in [0.25, 0.3) is 0 Å². The lowest BCUT2D eigenvalue weighted by Crippen LogP contribution is -2.41. The van der Waals surface area contributed by atoms with Crippen molar-refractivity contribution in [1.82, 2.24) is 0 Å². The van der Waals surface area contributed by atoms with Gasteiger partial charge < -0.3 is 15.3 Å². The number of benzene rings is 2. The molecule has 3 N–H and O–H groups in total. The zero-order valence-corrected chi connectivity index (χ0v) is 11.2. The second kappa shape index (κ2) is 5.63. The Morgan fingerprint density at radius 2 is 1.60 bits per heavy atom. The third-order valence-electron chi connectivity index (χ3n) is 3.12. The van der Waals surface area contributed by atoms with Crippen LogP contribution in [-0.4, -0.2) is 21.3 Å². The third kappa shape index (κ3) is 2.54. The van der Waals surface area contributed by atoms with Crippen molar-refractivity contribution < 1.29 is 20.1 Å². The molecule has 2 atom stereocenters. The molecule has 0 aliphatic rings. The van der Waals surface area contributed by atoms with Gasteiger partial charge in [0.15, 0.2) is 0 Å². The summed E-state index contributed by atoms with van der Waals surface area (Å²) >= 11 is 5.75. The van der Waals surface area contributed by atoms with Crippen molar-refractivity contribution >= 4 is 17.6 Å². The predicted octanol–water partition coefficient (Wildman–Crippen LogP) is 2.35. The summed E-state index contributed by atoms with van der Waals surface area (Å²) in [5.74, 6) is -1.52. The number of hydrogen-bond acceptors (Lipinski definition) is 3. The van der Waals surface area contributed by atoms with E-state index < -0.39 is 17.7 Å². The van der Waals surface area contributed by atoms with Gasteiger partial charge in [-0.1, -0.05) is 54.1 Å². The number of aliphatic carboxylic acids is 1. The van der Waals surface area contributed by atoms with Gasteiger partial charge in [0.1, 0.15) is 6.10 Å². The highest BCUT2D eigenvalue weighted by Gasteiger charge is 2.46. The standard InChI is InChI=1S/C15H13ClO4/c16-12-8-6-10(7-9-12)13(17)15(20,14(18)19)11-4-2-1-3-5-11/h1-9,13,17,20H,(H,18,19). The Kier molecular flexibility index (Phi) is 4.09. The first-order valence-electron chi connectivity index (χ1n) is 5.91. The minimum atomic E-state index is -2.42. The van der Waals surface area contributed by atoms with Crippen LogP contribution in [0.3, 0.4) is 0 Å². The molecule has 4 nitrogen and oxygen atoms in total. The largest absolute Gasteiger partial charge is 0.479 e. The molecule has 0 radical (unpaired) electrons. The summed E-state index contributed by atoms with van der Waals surface area (Å²) in [4.78, 5) is 11.5. The summed E-state index contributed by atoms with van der Waals surface area (Å²) < 4.78 is 0. The molecule has 2 aromatic carbocycles. The smallest absolute Gasteiger partial charge is 0.343 e. The molecule has 0 aliphatic heterocycles. The lowest BCUT2D eigenvalue weighted by Gasteiger charge is -2.29. The number of hydrogen-bond donors (Lipinski definition) is 3. The summed E-state index contributed by atoms with van der Waals surface area (Å²) in [5.41, 5.74) is -2.05. The van der Waals surface area contributed by atoms with Gasteiger partial charge in [-0.15, -0.1) is 0 Å². The van der Waals surface area contributed by atoms with Crippen LogP contribution in [0.1, 0.15) is 17.2 Å². The maximum atomic E-state index is 11.5. The van der Waals surface area contributed by atoms with Gasteiger partial charge in [-0.3, -0.25) is 0 Å². The van der Waals surface area contributed by atoms with Crippen molar-refractivity contribution in [3.8, 4) is 0 Å². The monoisotopic (exact) mass is 292 g/mol. The summed E-state index contributed by atoms with van der Waals surface area (Å²) in [6.07, 6.45) is -1.61. The molecule has 0 saturated heterocycles. The highest BCUT2D eigenvalue weighted by Crippen LogP contribution is 2.35. The Morgan fingerprint density at radius 1 is 1.05 bits per heavy atom. The third-order valence-corrected chi connectivity index (χ3v) is 3.37. The van der Waals surface area contributed by atoms with Gasteiger partial charge in [0, 0.05) is 5.02 Å². The van der Waals surface area contributed by atoms with Gasteiger partial charge >= 0.3 is 5.97 Å². The number of carbonyl (C=O) groups is 1. The van der Waals surface area contributed by atoms with E-state index in [0.29, 0.717) is 5.02 Å². The van der Waals surface area contributed by atoms with Crippen LogP contribution >= 0.6 is 11.6 Å². The van der Waals surface area contributed by atoms with Gasteiger partial charge in [0.2, 0.25) is 5.60 Å². The first kappa shape index (κ1) is 14.5. The molecule has 0 aromatic heterocycles. The number of carboxylic acid groups (broad SMARTS) is 1. The fraction of sp³-hybridized carbons (Fsp3) is 0.133. The lowest BCUT2D eigenvalue weighted by atomic mass is 9.84. The normalized spacial score (nSPS) is 15.3. The number of carboxylic acids is 1. The molecule has 104 valence electrons. The van der Waals surface area contributed by atoms with Crippen LogP contribution in [0.2, 0.25) is 5.02 Å². The van der Waals surface area contributed by atoms with Gasteiger partial charge in [0.05, 0.1) is 0 Å². The van der Waals surface area contributed by atoms with E-state index in [1.807, 2.05) is 0 Å². The van der Waals surface area contributed by atoms with E-state index in [1.54, 1.807) is 18.2 Å². The summed E-state index contributed by atoms with van der Waals surface area (Å²) in [6.45, 7) is 0. The maximum Gasteiger partial charge on any atom is 0.343 e. The molecule has 20 heavy (non-hydrogen) atoms. The summed E-state index contributed by atoms with van der Waals surface area (Å²) in [5, 5.41) is 30.5. The Hall–Kier alpha value is -1.88. The second-order valence-electron chi connectivity index (χ2n) is 4.39. The molecule has 0 fully saturated rings. The van der Waals surface area contributed by atoms with Crippen molar-refractivity contribution in [2.24, 2.45) is 0 Å². The van der Waals surface area contributed by atoms with Crippen LogP contribution in [0.25, 0.3) is 0 Å². The summed E-state index contributed by atoms with van der Waals surface area (Å²) in [6, 6.07) is 13.8. The van der Waals surface area contributed by atoms with Gasteiger partial charge in [-0.2, -0.15) is 0 Å². The average Bonchev–Trinajstić information content (AvgIpc) is 2.47. The lowest BCUT2D eigenvalue weighted by molar-refractivity contribution is -0.174. The van der Waals surface area contributed by atoms with Crippen molar-refractivity contribution in [3.05, 3.63) is 70.7 Å².